The van der Waals surface area contributed by atoms with Crippen LogP contribution in [-0.2, 0) is 0 Å². The van der Waals surface area contributed by atoms with Gasteiger partial charge in [0.05, 0.1) is 11.0 Å². The highest BCUT2D eigenvalue weighted by molar-refractivity contribution is 7.14. The molecule has 0 spiro atoms. The summed E-state index contributed by atoms with van der Waals surface area (Å²) in [5.41, 5.74) is 2.51. The Morgan fingerprint density at radius 1 is 0.760 bits per heavy atom. The van der Waals surface area contributed by atoms with E-state index < -0.39 is 0 Å². The molecule has 1 aromatic carbocycles. The van der Waals surface area contributed by atoms with Crippen LogP contribution in [0.3, 0.4) is 0 Å². The Hall–Kier alpha value is -1.41. The van der Waals surface area contributed by atoms with Gasteiger partial charge in [-0.2, -0.15) is 0 Å². The molecular weight excluding hydrogens is 322 g/mol. The van der Waals surface area contributed by atoms with Crippen LogP contribution in [0.5, 0.6) is 0 Å². The van der Waals surface area contributed by atoms with Crippen molar-refractivity contribution in [2.45, 2.75) is 76.0 Å². The van der Waals surface area contributed by atoms with Gasteiger partial charge in [-0.05, 0) is 49.7 Å². The van der Waals surface area contributed by atoms with Crippen LogP contribution >= 0.6 is 11.3 Å². The molecule has 25 heavy (non-hydrogen) atoms. The fourth-order valence-corrected chi connectivity index (χ4v) is 6.58. The van der Waals surface area contributed by atoms with Crippen LogP contribution < -0.4 is 0 Å². The lowest BCUT2D eigenvalue weighted by molar-refractivity contribution is 0.448. The predicted octanol–water partition coefficient (Wildman–Crippen LogP) is 7.54. The fourth-order valence-electron chi connectivity index (χ4n) is 5.02. The van der Waals surface area contributed by atoms with Gasteiger partial charge in [0.1, 0.15) is 0 Å². The molecule has 2 aliphatic rings. The van der Waals surface area contributed by atoms with Crippen LogP contribution in [-0.4, -0.2) is 4.98 Å². The van der Waals surface area contributed by atoms with Gasteiger partial charge >= 0.3 is 0 Å². The highest BCUT2D eigenvalue weighted by Crippen LogP contribution is 2.47. The molecule has 2 fully saturated rings. The van der Waals surface area contributed by atoms with Gasteiger partial charge in [-0.3, -0.25) is 0 Å². The molecule has 130 valence electrons. The second kappa shape index (κ2) is 6.72. The summed E-state index contributed by atoms with van der Waals surface area (Å²) in [5, 5.41) is 2.79. The first-order valence-corrected chi connectivity index (χ1v) is 11.0. The summed E-state index contributed by atoms with van der Waals surface area (Å²) in [5.74, 6) is 1.54. The quantitative estimate of drug-likeness (QED) is 0.465. The Labute approximate surface area is 154 Å². The summed E-state index contributed by atoms with van der Waals surface area (Å²) in [6.07, 6.45) is 14.0. The molecule has 0 aliphatic heterocycles. The molecular formula is C23H27NS. The maximum absolute atomic E-state index is 5.18. The lowest BCUT2D eigenvalue weighted by Crippen LogP contribution is -2.03. The van der Waals surface area contributed by atoms with Gasteiger partial charge in [0.25, 0.3) is 0 Å². The molecule has 0 amide bonds. The zero-order valence-corrected chi connectivity index (χ0v) is 15.8. The lowest BCUT2D eigenvalue weighted by atomic mass is 9.86. The molecule has 0 N–H and O–H groups in total. The average molecular weight is 350 g/mol. The number of para-hydroxylation sites is 1. The highest BCUT2D eigenvalue weighted by atomic mass is 32.1. The molecule has 2 aromatic heterocycles. The molecule has 2 heteroatoms. The summed E-state index contributed by atoms with van der Waals surface area (Å²) in [6, 6.07) is 11.1. The molecule has 0 radical (unpaired) electrons. The van der Waals surface area contributed by atoms with Crippen molar-refractivity contribution in [2.75, 3.05) is 0 Å². The zero-order chi connectivity index (χ0) is 16.6. The standard InChI is InChI=1S/C23H27NS/c1-3-9-16(10-4-1)22-19-15-18-13-7-8-14-20(18)24-21(19)23(25-22)17-11-5-2-6-12-17/h7-8,13-17H,1-6,9-12H2. The van der Waals surface area contributed by atoms with Gasteiger partial charge in [0, 0.05) is 20.5 Å². The van der Waals surface area contributed by atoms with E-state index in [2.05, 4.69) is 41.7 Å². The smallest absolute Gasteiger partial charge is 0.0854 e. The number of benzene rings is 1. The van der Waals surface area contributed by atoms with Crippen molar-refractivity contribution in [3.63, 3.8) is 0 Å². The minimum atomic E-state index is 0.757. The van der Waals surface area contributed by atoms with E-state index in [1.54, 1.807) is 9.75 Å². The molecule has 0 saturated heterocycles. The number of thiophene rings is 1. The van der Waals surface area contributed by atoms with Gasteiger partial charge in [-0.1, -0.05) is 56.7 Å². The van der Waals surface area contributed by atoms with E-state index in [4.69, 9.17) is 4.98 Å². The predicted molar refractivity (Wildman–Crippen MR) is 109 cm³/mol. The van der Waals surface area contributed by atoms with Crippen molar-refractivity contribution in [3.05, 3.63) is 40.1 Å². The van der Waals surface area contributed by atoms with Crippen molar-refractivity contribution in [3.8, 4) is 0 Å². The van der Waals surface area contributed by atoms with E-state index in [9.17, 15) is 0 Å². The monoisotopic (exact) mass is 349 g/mol. The maximum atomic E-state index is 5.18. The summed E-state index contributed by atoms with van der Waals surface area (Å²) in [7, 11) is 0. The second-order valence-corrected chi connectivity index (χ2v) is 9.16. The summed E-state index contributed by atoms with van der Waals surface area (Å²) in [6.45, 7) is 0. The molecule has 0 unspecified atom stereocenters. The van der Waals surface area contributed by atoms with Crippen molar-refractivity contribution in [2.24, 2.45) is 0 Å². The van der Waals surface area contributed by atoms with Crippen LogP contribution in [0.15, 0.2) is 30.3 Å². The Bertz CT molecular complexity index is 810. The van der Waals surface area contributed by atoms with E-state index in [0.29, 0.717) is 0 Å². The van der Waals surface area contributed by atoms with Gasteiger partial charge in [-0.15, -0.1) is 11.3 Å². The fraction of sp³-hybridized carbons (Fsp3) is 0.522. The zero-order valence-electron chi connectivity index (χ0n) is 15.0. The normalized spacial score (nSPS) is 20.5. The van der Waals surface area contributed by atoms with Crippen molar-refractivity contribution < 1.29 is 0 Å². The van der Waals surface area contributed by atoms with Crippen molar-refractivity contribution >= 4 is 33.1 Å². The number of fused-ring (bicyclic) bond motifs is 2. The Balaban J connectivity index is 1.70. The third-order valence-corrected chi connectivity index (χ3v) is 7.91. The number of pyridine rings is 1. The van der Waals surface area contributed by atoms with Gasteiger partial charge in [-0.25, -0.2) is 4.98 Å². The van der Waals surface area contributed by atoms with Crippen LogP contribution in [0.25, 0.3) is 21.8 Å². The Morgan fingerprint density at radius 3 is 2.12 bits per heavy atom. The van der Waals surface area contributed by atoms with Crippen molar-refractivity contribution in [1.82, 2.24) is 4.98 Å². The van der Waals surface area contributed by atoms with Crippen LogP contribution in [0.1, 0.15) is 85.8 Å². The Kier molecular flexibility index (Phi) is 4.25. The summed E-state index contributed by atoms with van der Waals surface area (Å²) >= 11 is 2.13. The average Bonchev–Trinajstić information content (AvgIpc) is 3.06. The van der Waals surface area contributed by atoms with E-state index >= 15 is 0 Å². The number of aromatic nitrogens is 1. The van der Waals surface area contributed by atoms with Gasteiger partial charge < -0.3 is 0 Å². The molecule has 2 aliphatic carbocycles. The largest absolute Gasteiger partial charge is 0.247 e. The first-order valence-electron chi connectivity index (χ1n) is 10.2. The highest BCUT2D eigenvalue weighted by Gasteiger charge is 2.26. The topological polar surface area (TPSA) is 12.9 Å². The minimum Gasteiger partial charge on any atom is -0.247 e. The first-order chi connectivity index (χ1) is 12.4. The summed E-state index contributed by atoms with van der Waals surface area (Å²) < 4.78 is 0. The van der Waals surface area contributed by atoms with E-state index in [-0.39, 0.29) is 0 Å². The lowest BCUT2D eigenvalue weighted by Gasteiger charge is -2.21. The van der Waals surface area contributed by atoms with Gasteiger partial charge in [0.2, 0.25) is 0 Å². The number of hydrogen-bond donors (Lipinski definition) is 0. The molecule has 0 bridgehead atoms. The van der Waals surface area contributed by atoms with E-state index in [1.807, 2.05) is 0 Å². The van der Waals surface area contributed by atoms with E-state index in [0.717, 1.165) is 11.8 Å². The van der Waals surface area contributed by atoms with Crippen LogP contribution in [0, 0.1) is 0 Å². The first kappa shape index (κ1) is 15.8. The van der Waals surface area contributed by atoms with Crippen LogP contribution in [0.4, 0.5) is 0 Å². The SMILES string of the molecule is c1ccc2nc3c(C4CCCCC4)sc(C4CCCCC4)c3cc2c1. The Morgan fingerprint density at radius 2 is 1.40 bits per heavy atom. The van der Waals surface area contributed by atoms with Crippen LogP contribution in [0.2, 0.25) is 0 Å². The molecule has 5 rings (SSSR count). The molecule has 3 aromatic rings. The number of hydrogen-bond acceptors (Lipinski definition) is 2. The minimum absolute atomic E-state index is 0.757. The van der Waals surface area contributed by atoms with E-state index in [1.165, 1.54) is 86.0 Å². The number of rotatable bonds is 2. The molecule has 1 nitrogen and oxygen atoms in total. The molecule has 2 saturated carbocycles. The van der Waals surface area contributed by atoms with Gasteiger partial charge in [0.15, 0.2) is 0 Å². The molecule has 0 atom stereocenters. The third-order valence-electron chi connectivity index (χ3n) is 6.39. The third kappa shape index (κ3) is 2.89. The molecule has 2 heterocycles. The second-order valence-electron chi connectivity index (χ2n) is 8.08. The maximum Gasteiger partial charge on any atom is 0.0854 e. The summed E-state index contributed by atoms with van der Waals surface area (Å²) in [4.78, 5) is 8.45. The number of nitrogens with zero attached hydrogens (tertiary/aromatic N) is 1. The van der Waals surface area contributed by atoms with Crippen molar-refractivity contribution in [1.29, 1.82) is 0 Å².